The third kappa shape index (κ3) is 4.88. The third-order valence-corrected chi connectivity index (χ3v) is 4.11. The molecule has 0 aliphatic rings. The number of aryl methyl sites for hydroxylation is 2. The van der Waals surface area contributed by atoms with Crippen LogP contribution in [0.15, 0.2) is 35.3 Å². The summed E-state index contributed by atoms with van der Waals surface area (Å²) in [6.07, 6.45) is 1.76. The number of ketones is 1. The number of benzene rings is 2. The number of carbonyl (C=O) groups excluding carboxylic acids is 1. The summed E-state index contributed by atoms with van der Waals surface area (Å²) in [6.45, 7) is 6.64. The number of nitrogens with zero attached hydrogens (tertiary/aromatic N) is 2. The van der Waals surface area contributed by atoms with Crippen molar-refractivity contribution >= 4 is 23.5 Å². The fraction of sp³-hybridized carbons (Fsp3) is 0.300. The fourth-order valence-corrected chi connectivity index (χ4v) is 2.37. The molecule has 0 unspecified atom stereocenters. The van der Waals surface area contributed by atoms with Crippen LogP contribution in [0.5, 0.6) is 0 Å². The molecule has 0 spiro atoms. The highest BCUT2D eigenvalue weighted by Crippen LogP contribution is 2.24. The Morgan fingerprint density at radius 2 is 1.88 bits per heavy atom. The Bertz CT molecular complexity index is 834. The Hall–Kier alpha value is -2.76. The number of nitrogens with one attached hydrogen (secondary N) is 1. The van der Waals surface area contributed by atoms with Gasteiger partial charge >= 0.3 is 0 Å². The lowest BCUT2D eigenvalue weighted by atomic mass is 10.0. The van der Waals surface area contributed by atoms with E-state index in [0.29, 0.717) is 11.3 Å². The first-order valence-electron chi connectivity index (χ1n) is 8.39. The molecule has 0 saturated heterocycles. The summed E-state index contributed by atoms with van der Waals surface area (Å²) < 4.78 is 26.2. The Morgan fingerprint density at radius 1 is 1.15 bits per heavy atom. The fourth-order valence-electron chi connectivity index (χ4n) is 2.37. The second-order valence-electron chi connectivity index (χ2n) is 6.18. The lowest BCUT2D eigenvalue weighted by molar-refractivity contribution is 0.101. The van der Waals surface area contributed by atoms with E-state index in [1.54, 1.807) is 6.34 Å². The van der Waals surface area contributed by atoms with Gasteiger partial charge in [0, 0.05) is 30.9 Å². The highest BCUT2D eigenvalue weighted by Gasteiger charge is 2.12. The normalized spacial score (nSPS) is 11.0. The maximum absolute atomic E-state index is 13.2. The SMILES string of the molecule is CCN(C)C=Nc1cc(C)c(C(=O)CNc2ccc(F)c(F)c2)cc1C. The molecular weight excluding hydrogens is 336 g/mol. The summed E-state index contributed by atoms with van der Waals surface area (Å²) in [5.74, 6) is -2.00. The largest absolute Gasteiger partial charge is 0.377 e. The van der Waals surface area contributed by atoms with E-state index in [0.717, 1.165) is 35.5 Å². The molecule has 1 N–H and O–H groups in total. The van der Waals surface area contributed by atoms with E-state index in [4.69, 9.17) is 0 Å². The maximum atomic E-state index is 13.2. The third-order valence-electron chi connectivity index (χ3n) is 4.11. The molecule has 138 valence electrons. The number of carbonyl (C=O) groups is 1. The molecule has 26 heavy (non-hydrogen) atoms. The van der Waals surface area contributed by atoms with E-state index in [2.05, 4.69) is 10.3 Å². The van der Waals surface area contributed by atoms with Crippen molar-refractivity contribution in [2.45, 2.75) is 20.8 Å². The first-order chi connectivity index (χ1) is 12.3. The molecule has 4 nitrogen and oxygen atoms in total. The van der Waals surface area contributed by atoms with Crippen molar-refractivity contribution in [1.29, 1.82) is 0 Å². The molecule has 0 aliphatic carbocycles. The average molecular weight is 359 g/mol. The van der Waals surface area contributed by atoms with E-state index < -0.39 is 11.6 Å². The maximum Gasteiger partial charge on any atom is 0.182 e. The number of anilines is 1. The zero-order valence-electron chi connectivity index (χ0n) is 15.4. The zero-order valence-corrected chi connectivity index (χ0v) is 15.4. The Balaban J connectivity index is 2.12. The highest BCUT2D eigenvalue weighted by molar-refractivity contribution is 6.00. The molecular formula is C20H23F2N3O. The molecule has 2 aromatic carbocycles. The first kappa shape index (κ1) is 19.6. The molecule has 0 atom stereocenters. The molecule has 0 heterocycles. The molecule has 2 aromatic rings. The minimum absolute atomic E-state index is 0.00740. The van der Waals surface area contributed by atoms with Crippen molar-refractivity contribution < 1.29 is 13.6 Å². The molecule has 0 aliphatic heterocycles. The highest BCUT2D eigenvalue weighted by atomic mass is 19.2. The Kier molecular flexibility index (Phi) is 6.44. The summed E-state index contributed by atoms with van der Waals surface area (Å²) >= 11 is 0. The lowest BCUT2D eigenvalue weighted by Crippen LogP contribution is -2.16. The van der Waals surface area contributed by atoms with E-state index in [9.17, 15) is 13.6 Å². The number of hydrogen-bond acceptors (Lipinski definition) is 3. The van der Waals surface area contributed by atoms with Crippen molar-refractivity contribution in [3.05, 3.63) is 58.7 Å². The van der Waals surface area contributed by atoms with Gasteiger partial charge in [-0.2, -0.15) is 0 Å². The molecule has 6 heteroatoms. The van der Waals surface area contributed by atoms with E-state index in [-0.39, 0.29) is 12.3 Å². The van der Waals surface area contributed by atoms with Gasteiger partial charge in [-0.15, -0.1) is 0 Å². The Morgan fingerprint density at radius 3 is 2.54 bits per heavy atom. The molecule has 0 radical (unpaired) electrons. The zero-order chi connectivity index (χ0) is 19.3. The van der Waals surface area contributed by atoms with Crippen molar-refractivity contribution in [3.8, 4) is 0 Å². The molecule has 0 bridgehead atoms. The minimum atomic E-state index is -0.950. The van der Waals surface area contributed by atoms with Crippen LogP contribution < -0.4 is 5.32 Å². The van der Waals surface area contributed by atoms with Gasteiger partial charge in [0.15, 0.2) is 17.4 Å². The van der Waals surface area contributed by atoms with Crippen LogP contribution in [0.4, 0.5) is 20.2 Å². The van der Waals surface area contributed by atoms with Gasteiger partial charge in [-0.1, -0.05) is 0 Å². The van der Waals surface area contributed by atoms with Gasteiger partial charge in [0.2, 0.25) is 0 Å². The van der Waals surface area contributed by atoms with E-state index >= 15 is 0 Å². The van der Waals surface area contributed by atoms with Crippen LogP contribution in [0.1, 0.15) is 28.4 Å². The smallest absolute Gasteiger partial charge is 0.182 e. The van der Waals surface area contributed by atoms with Crippen LogP contribution in [0, 0.1) is 25.5 Å². The molecule has 2 rings (SSSR count). The van der Waals surface area contributed by atoms with Crippen molar-refractivity contribution in [2.75, 3.05) is 25.5 Å². The summed E-state index contributed by atoms with van der Waals surface area (Å²) in [5, 5.41) is 2.83. The summed E-state index contributed by atoms with van der Waals surface area (Å²) in [5.41, 5.74) is 3.47. The number of hydrogen-bond donors (Lipinski definition) is 1. The first-order valence-corrected chi connectivity index (χ1v) is 8.39. The average Bonchev–Trinajstić information content (AvgIpc) is 2.62. The summed E-state index contributed by atoms with van der Waals surface area (Å²) in [6, 6.07) is 7.13. The predicted octanol–water partition coefficient (Wildman–Crippen LogP) is 4.49. The second kappa shape index (κ2) is 8.56. The Labute approximate surface area is 152 Å². The number of rotatable bonds is 7. The van der Waals surface area contributed by atoms with Crippen LogP contribution in [-0.2, 0) is 0 Å². The number of Topliss-reactive ketones (excluding diaryl/α,β-unsaturated/α-hetero) is 1. The van der Waals surface area contributed by atoms with Gasteiger partial charge in [0.05, 0.1) is 18.6 Å². The van der Waals surface area contributed by atoms with E-state index in [1.807, 2.05) is 44.9 Å². The van der Waals surface area contributed by atoms with Crippen LogP contribution in [0.2, 0.25) is 0 Å². The topological polar surface area (TPSA) is 44.7 Å². The molecule has 0 aromatic heterocycles. The summed E-state index contributed by atoms with van der Waals surface area (Å²) in [7, 11) is 1.94. The predicted molar refractivity (Wildman–Crippen MR) is 102 cm³/mol. The van der Waals surface area contributed by atoms with Crippen molar-refractivity contribution in [3.63, 3.8) is 0 Å². The van der Waals surface area contributed by atoms with Crippen LogP contribution >= 0.6 is 0 Å². The van der Waals surface area contributed by atoms with Crippen LogP contribution in [0.25, 0.3) is 0 Å². The lowest BCUT2D eigenvalue weighted by Gasteiger charge is -2.12. The molecule has 0 saturated carbocycles. The molecule has 0 amide bonds. The van der Waals surface area contributed by atoms with Crippen molar-refractivity contribution in [1.82, 2.24) is 4.90 Å². The van der Waals surface area contributed by atoms with Crippen LogP contribution in [0.3, 0.4) is 0 Å². The standard InChI is InChI=1S/C20H23F2N3O/c1-5-25(4)12-24-19-9-13(2)16(8-14(19)3)20(26)11-23-15-6-7-17(21)18(22)10-15/h6-10,12,23H,5,11H2,1-4H3. The molecule has 0 fully saturated rings. The number of halogens is 2. The van der Waals surface area contributed by atoms with E-state index in [1.165, 1.54) is 6.07 Å². The quantitative estimate of drug-likeness (QED) is 0.450. The van der Waals surface area contributed by atoms with Gasteiger partial charge in [-0.3, -0.25) is 4.79 Å². The summed E-state index contributed by atoms with van der Waals surface area (Å²) in [4.78, 5) is 18.9. The van der Waals surface area contributed by atoms with Gasteiger partial charge in [0.25, 0.3) is 0 Å². The number of aliphatic imine (C=N–C) groups is 1. The second-order valence-corrected chi connectivity index (χ2v) is 6.18. The van der Waals surface area contributed by atoms with Gasteiger partial charge in [-0.05, 0) is 56.2 Å². The minimum Gasteiger partial charge on any atom is -0.377 e. The van der Waals surface area contributed by atoms with Gasteiger partial charge < -0.3 is 10.2 Å². The monoisotopic (exact) mass is 359 g/mol. The van der Waals surface area contributed by atoms with Gasteiger partial charge in [-0.25, -0.2) is 13.8 Å². The van der Waals surface area contributed by atoms with Crippen LogP contribution in [-0.4, -0.2) is 37.2 Å². The van der Waals surface area contributed by atoms with Gasteiger partial charge in [0.1, 0.15) is 0 Å². The van der Waals surface area contributed by atoms with Crippen molar-refractivity contribution in [2.24, 2.45) is 4.99 Å².